The summed E-state index contributed by atoms with van der Waals surface area (Å²) in [5.41, 5.74) is 6.03. The van der Waals surface area contributed by atoms with Crippen molar-refractivity contribution < 1.29 is 13.2 Å². The van der Waals surface area contributed by atoms with Gasteiger partial charge in [-0.25, -0.2) is 4.68 Å². The molecule has 0 radical (unpaired) electrons. The Morgan fingerprint density at radius 3 is 2.00 bits per heavy atom. The molecule has 3 nitrogen and oxygen atoms in total. The van der Waals surface area contributed by atoms with Crippen LogP contribution in [0.3, 0.4) is 0 Å². The Kier molecular flexibility index (Phi) is 3.61. The number of rotatable bonds is 2. The SMILES string of the molecule is Cc1cc(C)cc(-n2ncc(C(C)(C)N)c2C(F)(F)F)c1. The Labute approximate surface area is 121 Å². The maximum absolute atomic E-state index is 13.4. The Hall–Kier alpha value is -1.82. The van der Waals surface area contributed by atoms with Gasteiger partial charge in [-0.05, 0) is 51.0 Å². The van der Waals surface area contributed by atoms with E-state index >= 15 is 0 Å². The van der Waals surface area contributed by atoms with E-state index in [-0.39, 0.29) is 5.56 Å². The lowest BCUT2D eigenvalue weighted by molar-refractivity contribution is -0.143. The van der Waals surface area contributed by atoms with Crippen molar-refractivity contribution in [3.05, 3.63) is 46.8 Å². The molecule has 1 heterocycles. The molecule has 6 heteroatoms. The number of aromatic nitrogens is 2. The van der Waals surface area contributed by atoms with Crippen LogP contribution in [0, 0.1) is 13.8 Å². The van der Waals surface area contributed by atoms with Gasteiger partial charge in [0.15, 0.2) is 5.69 Å². The van der Waals surface area contributed by atoms with Gasteiger partial charge in [-0.3, -0.25) is 0 Å². The molecule has 0 unspecified atom stereocenters. The zero-order valence-electron chi connectivity index (χ0n) is 12.4. The monoisotopic (exact) mass is 297 g/mol. The van der Waals surface area contributed by atoms with Gasteiger partial charge >= 0.3 is 6.18 Å². The normalized spacial score (nSPS) is 12.8. The van der Waals surface area contributed by atoms with Crippen molar-refractivity contribution in [2.24, 2.45) is 5.73 Å². The number of hydrogen-bond donors (Lipinski definition) is 1. The van der Waals surface area contributed by atoms with E-state index in [0.717, 1.165) is 15.8 Å². The van der Waals surface area contributed by atoms with E-state index in [1.807, 2.05) is 19.9 Å². The second-order valence-electron chi connectivity index (χ2n) is 5.88. The molecule has 114 valence electrons. The maximum atomic E-state index is 13.4. The van der Waals surface area contributed by atoms with Gasteiger partial charge in [-0.2, -0.15) is 18.3 Å². The summed E-state index contributed by atoms with van der Waals surface area (Å²) in [6.45, 7) is 6.73. The van der Waals surface area contributed by atoms with Crippen LogP contribution in [-0.2, 0) is 11.7 Å². The lowest BCUT2D eigenvalue weighted by Gasteiger charge is -2.21. The molecule has 0 aliphatic heterocycles. The zero-order valence-corrected chi connectivity index (χ0v) is 12.4. The van der Waals surface area contributed by atoms with Crippen molar-refractivity contribution in [3.8, 4) is 5.69 Å². The molecule has 0 atom stereocenters. The summed E-state index contributed by atoms with van der Waals surface area (Å²) in [5.74, 6) is 0. The van der Waals surface area contributed by atoms with E-state index in [2.05, 4.69) is 5.10 Å². The third-order valence-electron chi connectivity index (χ3n) is 3.18. The maximum Gasteiger partial charge on any atom is 0.433 e. The standard InChI is InChI=1S/C15H18F3N3/c1-9-5-10(2)7-11(6-9)21-13(15(16,17)18)12(8-20-21)14(3,4)19/h5-8H,19H2,1-4H3. The van der Waals surface area contributed by atoms with Gasteiger partial charge < -0.3 is 5.73 Å². The molecule has 0 saturated carbocycles. The fourth-order valence-corrected chi connectivity index (χ4v) is 2.36. The summed E-state index contributed by atoms with van der Waals surface area (Å²) in [7, 11) is 0. The molecule has 2 rings (SSSR count). The van der Waals surface area contributed by atoms with Crippen molar-refractivity contribution in [1.29, 1.82) is 0 Å². The van der Waals surface area contributed by atoms with E-state index in [1.165, 1.54) is 20.0 Å². The first-order chi connectivity index (χ1) is 9.50. The van der Waals surface area contributed by atoms with Crippen LogP contribution in [0.15, 0.2) is 24.4 Å². The predicted molar refractivity (Wildman–Crippen MR) is 75.3 cm³/mol. The average Bonchev–Trinajstić information content (AvgIpc) is 2.70. The number of aryl methyl sites for hydroxylation is 2. The minimum absolute atomic E-state index is 0.0193. The fourth-order valence-electron chi connectivity index (χ4n) is 2.36. The first-order valence-corrected chi connectivity index (χ1v) is 6.53. The molecule has 1 aromatic carbocycles. The molecule has 2 aromatic rings. The second kappa shape index (κ2) is 4.87. The number of nitrogens with two attached hydrogens (primary N) is 1. The number of benzene rings is 1. The van der Waals surface area contributed by atoms with Crippen LogP contribution >= 0.6 is 0 Å². The molecular weight excluding hydrogens is 279 g/mol. The van der Waals surface area contributed by atoms with Crippen molar-refractivity contribution >= 4 is 0 Å². The Bertz CT molecular complexity index is 644. The first kappa shape index (κ1) is 15.6. The first-order valence-electron chi connectivity index (χ1n) is 6.53. The van der Waals surface area contributed by atoms with Crippen LogP contribution in [0.5, 0.6) is 0 Å². The van der Waals surface area contributed by atoms with E-state index in [1.54, 1.807) is 12.1 Å². The van der Waals surface area contributed by atoms with Crippen LogP contribution in [-0.4, -0.2) is 9.78 Å². The van der Waals surface area contributed by atoms with Crippen LogP contribution in [0.2, 0.25) is 0 Å². The van der Waals surface area contributed by atoms with Gasteiger partial charge in [-0.15, -0.1) is 0 Å². The Morgan fingerprint density at radius 1 is 1.05 bits per heavy atom. The quantitative estimate of drug-likeness (QED) is 0.918. The molecule has 0 spiro atoms. The third-order valence-corrected chi connectivity index (χ3v) is 3.18. The molecule has 0 amide bonds. The highest BCUT2D eigenvalue weighted by atomic mass is 19.4. The highest BCUT2D eigenvalue weighted by Gasteiger charge is 2.41. The largest absolute Gasteiger partial charge is 0.433 e. The van der Waals surface area contributed by atoms with Crippen LogP contribution in [0.25, 0.3) is 5.69 Å². The van der Waals surface area contributed by atoms with Crippen molar-refractivity contribution in [2.75, 3.05) is 0 Å². The summed E-state index contributed by atoms with van der Waals surface area (Å²) in [4.78, 5) is 0. The van der Waals surface area contributed by atoms with Gasteiger partial charge in [0.2, 0.25) is 0 Å². The van der Waals surface area contributed by atoms with Crippen LogP contribution in [0.1, 0.15) is 36.2 Å². The van der Waals surface area contributed by atoms with E-state index in [9.17, 15) is 13.2 Å². The van der Waals surface area contributed by atoms with Gasteiger partial charge in [-0.1, -0.05) is 6.07 Å². The van der Waals surface area contributed by atoms with Gasteiger partial charge in [0.05, 0.1) is 11.9 Å². The molecule has 0 aliphatic rings. The molecule has 0 aliphatic carbocycles. The Morgan fingerprint density at radius 2 is 1.57 bits per heavy atom. The average molecular weight is 297 g/mol. The minimum Gasteiger partial charge on any atom is -0.322 e. The van der Waals surface area contributed by atoms with Gasteiger partial charge in [0, 0.05) is 11.1 Å². The molecule has 0 bridgehead atoms. The summed E-state index contributed by atoms with van der Waals surface area (Å²) < 4.78 is 41.2. The van der Waals surface area contributed by atoms with Crippen molar-refractivity contribution in [2.45, 2.75) is 39.4 Å². The predicted octanol–water partition coefficient (Wildman–Crippen LogP) is 3.70. The highest BCUT2D eigenvalue weighted by molar-refractivity contribution is 5.42. The summed E-state index contributed by atoms with van der Waals surface area (Å²) >= 11 is 0. The minimum atomic E-state index is -4.53. The number of nitrogens with zero attached hydrogens (tertiary/aromatic N) is 2. The lowest BCUT2D eigenvalue weighted by Crippen LogP contribution is -2.31. The van der Waals surface area contributed by atoms with Crippen molar-refractivity contribution in [3.63, 3.8) is 0 Å². The molecule has 2 N–H and O–H groups in total. The van der Waals surface area contributed by atoms with Crippen LogP contribution < -0.4 is 5.73 Å². The highest BCUT2D eigenvalue weighted by Crippen LogP contribution is 2.37. The van der Waals surface area contributed by atoms with Gasteiger partial charge in [0.25, 0.3) is 0 Å². The summed E-state index contributed by atoms with van der Waals surface area (Å²) in [6.07, 6.45) is -3.33. The van der Waals surface area contributed by atoms with Crippen LogP contribution in [0.4, 0.5) is 13.2 Å². The molecular formula is C15H18F3N3. The topological polar surface area (TPSA) is 43.8 Å². The van der Waals surface area contributed by atoms with Crippen molar-refractivity contribution in [1.82, 2.24) is 9.78 Å². The number of alkyl halides is 3. The Balaban J connectivity index is 2.73. The molecule has 0 saturated heterocycles. The smallest absolute Gasteiger partial charge is 0.322 e. The summed E-state index contributed by atoms with van der Waals surface area (Å²) in [6, 6.07) is 5.24. The summed E-state index contributed by atoms with van der Waals surface area (Å²) in [5, 5.41) is 3.92. The second-order valence-corrected chi connectivity index (χ2v) is 5.88. The van der Waals surface area contributed by atoms with Gasteiger partial charge in [0.1, 0.15) is 0 Å². The number of hydrogen-bond acceptors (Lipinski definition) is 2. The molecule has 1 aromatic heterocycles. The van der Waals surface area contributed by atoms with E-state index in [0.29, 0.717) is 5.69 Å². The van der Waals surface area contributed by atoms with E-state index < -0.39 is 17.4 Å². The molecule has 0 fully saturated rings. The molecule has 21 heavy (non-hydrogen) atoms. The zero-order chi connectivity index (χ0) is 16.0. The fraction of sp³-hybridized carbons (Fsp3) is 0.400. The lowest BCUT2D eigenvalue weighted by atomic mass is 9.96. The third kappa shape index (κ3) is 3.10. The van der Waals surface area contributed by atoms with E-state index in [4.69, 9.17) is 5.73 Å². The number of halogens is 3.